The van der Waals surface area contributed by atoms with Crippen LogP contribution in [0.1, 0.15) is 25.0 Å². The van der Waals surface area contributed by atoms with E-state index in [1.54, 1.807) is 31.2 Å². The summed E-state index contributed by atoms with van der Waals surface area (Å²) in [6.45, 7) is 9.76. The second-order valence-electron chi connectivity index (χ2n) is 7.82. The molecule has 0 unspecified atom stereocenters. The lowest BCUT2D eigenvalue weighted by Crippen LogP contribution is -2.21. The van der Waals surface area contributed by atoms with Crippen LogP contribution in [0, 0.1) is 0 Å². The van der Waals surface area contributed by atoms with E-state index in [1.807, 2.05) is 0 Å². The van der Waals surface area contributed by atoms with Crippen LogP contribution in [-0.4, -0.2) is 18.7 Å². The smallest absolute Gasteiger partial charge is 0.426 e. The molecule has 3 aromatic rings. The molecular formula is C27H24F2O6. The number of hydrogen-bond donors (Lipinski definition) is 0. The Bertz CT molecular complexity index is 1260. The molecule has 3 rings (SSSR count). The van der Waals surface area contributed by atoms with Gasteiger partial charge in [0.2, 0.25) is 6.79 Å². The van der Waals surface area contributed by atoms with Crippen molar-refractivity contribution in [3.05, 3.63) is 96.1 Å². The van der Waals surface area contributed by atoms with Crippen LogP contribution in [0.3, 0.4) is 0 Å². The first-order chi connectivity index (χ1) is 16.5. The molecule has 182 valence electrons. The van der Waals surface area contributed by atoms with Gasteiger partial charge in [-0.25, -0.2) is 9.59 Å². The zero-order valence-corrected chi connectivity index (χ0v) is 19.3. The van der Waals surface area contributed by atoms with E-state index in [0.717, 1.165) is 5.56 Å². The summed E-state index contributed by atoms with van der Waals surface area (Å²) in [6, 6.07) is 14.8. The molecular weight excluding hydrogens is 458 g/mol. The van der Waals surface area contributed by atoms with Gasteiger partial charge in [-0.2, -0.15) is 8.78 Å². The molecule has 0 aromatic heterocycles. The third-order valence-corrected chi connectivity index (χ3v) is 4.79. The van der Waals surface area contributed by atoms with Crippen molar-refractivity contribution < 1.29 is 37.3 Å². The van der Waals surface area contributed by atoms with Gasteiger partial charge in [0.05, 0.1) is 5.56 Å². The Hall–Kier alpha value is -4.20. The number of fused-ring (bicyclic) bond motifs is 1. The van der Waals surface area contributed by atoms with Gasteiger partial charge in [-0.3, -0.25) is 0 Å². The first-order valence-corrected chi connectivity index (χ1v) is 10.5. The van der Waals surface area contributed by atoms with Crippen LogP contribution in [0.25, 0.3) is 10.8 Å². The number of esters is 2. The highest BCUT2D eigenvalue weighted by atomic mass is 19.3. The summed E-state index contributed by atoms with van der Waals surface area (Å²) in [4.78, 5) is 22.9. The Balaban J connectivity index is 1.64. The van der Waals surface area contributed by atoms with Gasteiger partial charge in [-0.15, -0.1) is 0 Å². The predicted molar refractivity (Wildman–Crippen MR) is 126 cm³/mol. The molecule has 0 saturated carbocycles. The van der Waals surface area contributed by atoms with Gasteiger partial charge < -0.3 is 18.9 Å². The molecule has 0 spiro atoms. The molecule has 0 aliphatic heterocycles. The Morgan fingerprint density at radius 3 is 2.03 bits per heavy atom. The summed E-state index contributed by atoms with van der Waals surface area (Å²) in [7, 11) is 0. The van der Waals surface area contributed by atoms with Crippen LogP contribution in [-0.2, 0) is 31.8 Å². The topological polar surface area (TPSA) is 71.1 Å². The van der Waals surface area contributed by atoms with E-state index < -0.39 is 18.0 Å². The first kappa shape index (κ1) is 25.4. The number of ether oxygens (including phenoxy) is 4. The molecule has 0 N–H and O–H groups in total. The molecule has 0 aliphatic carbocycles. The number of benzene rings is 3. The number of carbonyl (C=O) groups excluding carboxylic acids is 2. The Labute approximate surface area is 201 Å². The van der Waals surface area contributed by atoms with Gasteiger partial charge in [0.1, 0.15) is 18.1 Å². The number of alkyl halides is 2. The molecule has 0 aliphatic rings. The largest absolute Gasteiger partial charge is 0.457 e. The highest BCUT2D eigenvalue weighted by Gasteiger charge is 2.34. The van der Waals surface area contributed by atoms with Crippen LogP contribution in [0.5, 0.6) is 11.5 Å². The van der Waals surface area contributed by atoms with Crippen LogP contribution in [0.15, 0.2) is 85.0 Å². The lowest BCUT2D eigenvalue weighted by molar-refractivity contribution is -0.185. The Morgan fingerprint density at radius 2 is 1.37 bits per heavy atom. The Morgan fingerprint density at radius 1 is 0.800 bits per heavy atom. The number of hydrogen-bond acceptors (Lipinski definition) is 6. The molecule has 0 saturated heterocycles. The summed E-state index contributed by atoms with van der Waals surface area (Å²) in [6.07, 6.45) is -3.59. The lowest BCUT2D eigenvalue weighted by atomic mass is 10.0. The van der Waals surface area contributed by atoms with Crippen LogP contribution < -0.4 is 9.47 Å². The lowest BCUT2D eigenvalue weighted by Gasteiger charge is -2.19. The third kappa shape index (κ3) is 6.89. The van der Waals surface area contributed by atoms with E-state index in [-0.39, 0.29) is 30.3 Å². The zero-order valence-electron chi connectivity index (χ0n) is 19.3. The fourth-order valence-corrected chi connectivity index (χ4v) is 2.92. The maximum atomic E-state index is 14.8. The minimum atomic E-state index is -3.59. The second-order valence-corrected chi connectivity index (χ2v) is 7.82. The minimum absolute atomic E-state index is 0.0543. The maximum Gasteiger partial charge on any atom is 0.426 e. The molecule has 0 amide bonds. The predicted octanol–water partition coefficient (Wildman–Crippen LogP) is 6.04. The van der Waals surface area contributed by atoms with Crippen molar-refractivity contribution in [3.63, 3.8) is 0 Å². The number of halogens is 2. The van der Waals surface area contributed by atoms with E-state index >= 15 is 0 Å². The summed E-state index contributed by atoms with van der Waals surface area (Å²) < 4.78 is 49.7. The van der Waals surface area contributed by atoms with Crippen molar-refractivity contribution in [1.29, 1.82) is 0 Å². The molecule has 0 bridgehead atoms. The SMILES string of the molecule is C=C(C)C(=O)OCOc1ccc(OC(F)(F)c2ccc3cc(COC(=O)C(=C)C)ccc3c2)cc1. The van der Waals surface area contributed by atoms with Gasteiger partial charge >= 0.3 is 18.0 Å². The highest BCUT2D eigenvalue weighted by Crippen LogP contribution is 2.34. The monoisotopic (exact) mass is 482 g/mol. The van der Waals surface area contributed by atoms with Crippen molar-refractivity contribution in [1.82, 2.24) is 0 Å². The van der Waals surface area contributed by atoms with Crippen LogP contribution >= 0.6 is 0 Å². The van der Waals surface area contributed by atoms with Crippen molar-refractivity contribution in [2.24, 2.45) is 0 Å². The molecule has 3 aromatic carbocycles. The fourth-order valence-electron chi connectivity index (χ4n) is 2.92. The molecule has 8 heteroatoms. The standard InChI is InChI=1S/C27H24F2O6/c1-17(2)25(30)32-15-19-5-6-21-14-22(8-7-20(21)13-19)27(28,29)35-24-11-9-23(10-12-24)33-16-34-26(31)18(3)4/h5-14H,1,3,15-16H2,2,4H3. The summed E-state index contributed by atoms with van der Waals surface area (Å²) in [5.41, 5.74) is 0.930. The van der Waals surface area contributed by atoms with Crippen molar-refractivity contribution in [2.45, 2.75) is 26.6 Å². The van der Waals surface area contributed by atoms with Crippen molar-refractivity contribution in [3.8, 4) is 11.5 Å². The van der Waals surface area contributed by atoms with Gasteiger partial charge in [0.15, 0.2) is 0 Å². The van der Waals surface area contributed by atoms with E-state index in [0.29, 0.717) is 22.1 Å². The Kier molecular flexibility index (Phi) is 7.86. The normalized spacial score (nSPS) is 11.0. The van der Waals surface area contributed by atoms with Gasteiger partial charge in [0, 0.05) is 11.1 Å². The summed E-state index contributed by atoms with van der Waals surface area (Å²) in [5.74, 6) is -0.855. The fraction of sp³-hybridized carbons (Fsp3) is 0.185. The van der Waals surface area contributed by atoms with E-state index in [2.05, 4.69) is 13.2 Å². The first-order valence-electron chi connectivity index (χ1n) is 10.5. The third-order valence-electron chi connectivity index (χ3n) is 4.79. The number of rotatable bonds is 10. The summed E-state index contributed by atoms with van der Waals surface area (Å²) in [5, 5.41) is 1.29. The van der Waals surface area contributed by atoms with E-state index in [4.69, 9.17) is 18.9 Å². The number of carbonyl (C=O) groups is 2. The molecule has 0 fully saturated rings. The zero-order chi connectivity index (χ0) is 25.6. The molecule has 35 heavy (non-hydrogen) atoms. The second kappa shape index (κ2) is 10.8. The van der Waals surface area contributed by atoms with Crippen molar-refractivity contribution >= 4 is 22.7 Å². The molecule has 0 atom stereocenters. The molecule has 0 heterocycles. The minimum Gasteiger partial charge on any atom is -0.457 e. The average molecular weight is 482 g/mol. The molecule has 0 radical (unpaired) electrons. The van der Waals surface area contributed by atoms with Gasteiger partial charge in [0.25, 0.3) is 0 Å². The highest BCUT2D eigenvalue weighted by molar-refractivity contribution is 5.87. The maximum absolute atomic E-state index is 14.8. The van der Waals surface area contributed by atoms with E-state index in [1.165, 1.54) is 43.3 Å². The van der Waals surface area contributed by atoms with Crippen LogP contribution in [0.4, 0.5) is 8.78 Å². The van der Waals surface area contributed by atoms with Gasteiger partial charge in [-0.1, -0.05) is 31.4 Å². The van der Waals surface area contributed by atoms with E-state index in [9.17, 15) is 18.4 Å². The summed E-state index contributed by atoms with van der Waals surface area (Å²) >= 11 is 0. The quantitative estimate of drug-likeness (QED) is 0.199. The van der Waals surface area contributed by atoms with Crippen LogP contribution in [0.2, 0.25) is 0 Å². The van der Waals surface area contributed by atoms with Crippen molar-refractivity contribution in [2.75, 3.05) is 6.79 Å². The average Bonchev–Trinajstić information content (AvgIpc) is 2.82. The molecule has 6 nitrogen and oxygen atoms in total. The van der Waals surface area contributed by atoms with Gasteiger partial charge in [-0.05, 0) is 72.6 Å².